The van der Waals surface area contributed by atoms with E-state index in [0.29, 0.717) is 36.7 Å². The lowest BCUT2D eigenvalue weighted by molar-refractivity contribution is 0.323. The maximum absolute atomic E-state index is 7.54. The van der Waals surface area contributed by atoms with Gasteiger partial charge in [0.2, 0.25) is 11.6 Å². The third-order valence-corrected chi connectivity index (χ3v) is 4.33. The maximum Gasteiger partial charge on any atom is 0.252 e. The van der Waals surface area contributed by atoms with Crippen LogP contribution < -0.4 is 0 Å². The molecule has 0 aromatic carbocycles. The molecule has 8 nitrogen and oxygen atoms in total. The van der Waals surface area contributed by atoms with Gasteiger partial charge in [0, 0.05) is 35.6 Å². The summed E-state index contributed by atoms with van der Waals surface area (Å²) in [6.07, 6.45) is 8.22. The summed E-state index contributed by atoms with van der Waals surface area (Å²) >= 11 is 0. The maximum atomic E-state index is 7.54. The summed E-state index contributed by atoms with van der Waals surface area (Å²) in [5.74, 6) is 2.11. The standard InChI is InChI=1S/2C10H13N3O/c2*1-2-14-9(11)10-12-6-5-8(13-10)7-3-4-7/h2*5-7,11H,2-4H2,1H3. The molecule has 0 saturated heterocycles. The molecule has 2 N–H and O–H groups in total. The quantitative estimate of drug-likeness (QED) is 0.584. The Bertz CT molecular complexity index is 763. The Morgan fingerprint density at radius 2 is 1.21 bits per heavy atom. The van der Waals surface area contributed by atoms with Gasteiger partial charge in [-0.05, 0) is 51.7 Å². The van der Waals surface area contributed by atoms with E-state index < -0.39 is 0 Å². The summed E-state index contributed by atoms with van der Waals surface area (Å²) in [5.41, 5.74) is 2.08. The summed E-state index contributed by atoms with van der Waals surface area (Å²) in [6.45, 7) is 4.66. The summed E-state index contributed by atoms with van der Waals surface area (Å²) in [5, 5.41) is 15.1. The van der Waals surface area contributed by atoms with E-state index in [1.54, 1.807) is 12.4 Å². The molecule has 2 aromatic rings. The highest BCUT2D eigenvalue weighted by atomic mass is 16.5. The number of nitrogens with one attached hydrogen (secondary N) is 2. The van der Waals surface area contributed by atoms with Crippen molar-refractivity contribution in [3.05, 3.63) is 47.6 Å². The van der Waals surface area contributed by atoms with Gasteiger partial charge in [0.1, 0.15) is 0 Å². The average Bonchev–Trinajstić information content (AvgIpc) is 3.61. The van der Waals surface area contributed by atoms with Crippen LogP contribution >= 0.6 is 0 Å². The number of hydrogen-bond donors (Lipinski definition) is 2. The molecule has 2 aliphatic carbocycles. The van der Waals surface area contributed by atoms with Crippen molar-refractivity contribution in [3.8, 4) is 0 Å². The lowest BCUT2D eigenvalue weighted by Crippen LogP contribution is -2.10. The minimum absolute atomic E-state index is 0.0648. The lowest BCUT2D eigenvalue weighted by Gasteiger charge is -2.04. The van der Waals surface area contributed by atoms with Crippen LogP contribution in [-0.2, 0) is 9.47 Å². The Morgan fingerprint density at radius 1 is 0.821 bits per heavy atom. The van der Waals surface area contributed by atoms with Gasteiger partial charge in [0.25, 0.3) is 11.8 Å². The van der Waals surface area contributed by atoms with E-state index in [0.717, 1.165) is 11.4 Å². The van der Waals surface area contributed by atoms with Gasteiger partial charge in [0.15, 0.2) is 0 Å². The molecule has 8 heteroatoms. The van der Waals surface area contributed by atoms with Crippen molar-refractivity contribution in [2.45, 2.75) is 51.4 Å². The minimum Gasteiger partial charge on any atom is -0.476 e. The van der Waals surface area contributed by atoms with Crippen molar-refractivity contribution in [1.82, 2.24) is 19.9 Å². The molecule has 0 atom stereocenters. The van der Waals surface area contributed by atoms with E-state index in [1.807, 2.05) is 26.0 Å². The predicted octanol–water partition coefficient (Wildman–Crippen LogP) is 3.43. The zero-order valence-corrected chi connectivity index (χ0v) is 16.3. The van der Waals surface area contributed by atoms with Crippen LogP contribution in [0.3, 0.4) is 0 Å². The first-order chi connectivity index (χ1) is 13.6. The monoisotopic (exact) mass is 382 g/mol. The van der Waals surface area contributed by atoms with Crippen molar-refractivity contribution in [2.75, 3.05) is 13.2 Å². The Balaban J connectivity index is 0.000000161. The molecular formula is C20H26N6O2. The van der Waals surface area contributed by atoms with Gasteiger partial charge in [-0.2, -0.15) is 0 Å². The predicted molar refractivity (Wildman–Crippen MR) is 105 cm³/mol. The average molecular weight is 382 g/mol. The van der Waals surface area contributed by atoms with Crippen LogP contribution in [0.5, 0.6) is 0 Å². The lowest BCUT2D eigenvalue weighted by atomic mass is 10.3. The largest absolute Gasteiger partial charge is 0.476 e. The zero-order chi connectivity index (χ0) is 19.9. The Kier molecular flexibility index (Phi) is 6.62. The fourth-order valence-corrected chi connectivity index (χ4v) is 2.59. The molecule has 2 aromatic heterocycles. The second-order valence-corrected chi connectivity index (χ2v) is 6.68. The van der Waals surface area contributed by atoms with E-state index in [2.05, 4.69) is 19.9 Å². The second kappa shape index (κ2) is 9.34. The fourth-order valence-electron chi connectivity index (χ4n) is 2.59. The third-order valence-electron chi connectivity index (χ3n) is 4.33. The van der Waals surface area contributed by atoms with Crippen LogP contribution in [0.2, 0.25) is 0 Å². The normalized spacial score (nSPS) is 15.2. The van der Waals surface area contributed by atoms with Crippen molar-refractivity contribution in [3.63, 3.8) is 0 Å². The molecule has 2 fully saturated rings. The molecule has 148 valence electrons. The van der Waals surface area contributed by atoms with Crippen LogP contribution in [-0.4, -0.2) is 44.9 Å². The van der Waals surface area contributed by atoms with Gasteiger partial charge in [0.05, 0.1) is 13.2 Å². The van der Waals surface area contributed by atoms with Crippen LogP contribution in [0.4, 0.5) is 0 Å². The molecule has 0 radical (unpaired) electrons. The molecule has 2 heterocycles. The first kappa shape index (κ1) is 19.9. The van der Waals surface area contributed by atoms with Crippen LogP contribution in [0.15, 0.2) is 24.5 Å². The Hall–Kier alpha value is -2.90. The molecule has 2 aliphatic rings. The number of nitrogens with zero attached hydrogens (tertiary/aromatic N) is 4. The van der Waals surface area contributed by atoms with E-state index >= 15 is 0 Å². The molecule has 0 aliphatic heterocycles. The van der Waals surface area contributed by atoms with Gasteiger partial charge >= 0.3 is 0 Å². The highest BCUT2D eigenvalue weighted by molar-refractivity contribution is 5.87. The van der Waals surface area contributed by atoms with Gasteiger partial charge in [-0.1, -0.05) is 0 Å². The van der Waals surface area contributed by atoms with E-state index in [1.165, 1.54) is 25.7 Å². The number of ether oxygens (including phenoxy) is 2. The topological polar surface area (TPSA) is 118 Å². The Labute approximate surface area is 164 Å². The number of aromatic nitrogens is 4. The van der Waals surface area contributed by atoms with E-state index in [4.69, 9.17) is 20.3 Å². The molecule has 0 unspecified atom stereocenters. The van der Waals surface area contributed by atoms with Gasteiger partial charge in [-0.25, -0.2) is 19.9 Å². The highest BCUT2D eigenvalue weighted by Crippen LogP contribution is 2.39. The van der Waals surface area contributed by atoms with Crippen LogP contribution in [0, 0.1) is 10.8 Å². The second-order valence-electron chi connectivity index (χ2n) is 6.68. The minimum atomic E-state index is 0.0648. The first-order valence-corrected chi connectivity index (χ1v) is 9.71. The smallest absolute Gasteiger partial charge is 0.252 e. The van der Waals surface area contributed by atoms with Gasteiger partial charge < -0.3 is 9.47 Å². The molecule has 0 bridgehead atoms. The first-order valence-electron chi connectivity index (χ1n) is 9.71. The molecule has 2 saturated carbocycles. The van der Waals surface area contributed by atoms with Crippen LogP contribution in [0.25, 0.3) is 0 Å². The summed E-state index contributed by atoms with van der Waals surface area (Å²) in [6, 6.07) is 3.83. The summed E-state index contributed by atoms with van der Waals surface area (Å²) in [7, 11) is 0. The highest BCUT2D eigenvalue weighted by Gasteiger charge is 2.26. The third kappa shape index (κ3) is 5.55. The van der Waals surface area contributed by atoms with E-state index in [9.17, 15) is 0 Å². The van der Waals surface area contributed by atoms with Crippen LogP contribution in [0.1, 0.15) is 74.4 Å². The zero-order valence-electron chi connectivity index (χ0n) is 16.3. The van der Waals surface area contributed by atoms with Gasteiger partial charge in [-0.15, -0.1) is 0 Å². The molecular weight excluding hydrogens is 356 g/mol. The number of rotatable bonds is 6. The van der Waals surface area contributed by atoms with Gasteiger partial charge in [-0.3, -0.25) is 10.8 Å². The molecule has 4 rings (SSSR count). The van der Waals surface area contributed by atoms with Crippen molar-refractivity contribution < 1.29 is 9.47 Å². The van der Waals surface area contributed by atoms with Crippen molar-refractivity contribution in [1.29, 1.82) is 10.8 Å². The molecule has 0 spiro atoms. The van der Waals surface area contributed by atoms with Crippen molar-refractivity contribution >= 4 is 11.8 Å². The molecule has 28 heavy (non-hydrogen) atoms. The SMILES string of the molecule is CCOC(=N)c1nccc(C2CC2)n1.CCOC(=N)c1nccc(C2CC2)n1. The van der Waals surface area contributed by atoms with E-state index in [-0.39, 0.29) is 11.8 Å². The Morgan fingerprint density at radius 3 is 1.54 bits per heavy atom. The molecule has 0 amide bonds. The fraction of sp³-hybridized carbons (Fsp3) is 0.500. The van der Waals surface area contributed by atoms with Crippen molar-refractivity contribution in [2.24, 2.45) is 0 Å². The number of hydrogen-bond acceptors (Lipinski definition) is 8. The summed E-state index contributed by atoms with van der Waals surface area (Å²) < 4.78 is 10.1. The summed E-state index contributed by atoms with van der Waals surface area (Å²) in [4.78, 5) is 16.6.